The van der Waals surface area contributed by atoms with Gasteiger partial charge in [0.2, 0.25) is 0 Å². The average molecular weight is 275 g/mol. The Morgan fingerprint density at radius 1 is 0.810 bits per heavy atom. The molecule has 21 heavy (non-hydrogen) atoms. The van der Waals surface area contributed by atoms with Crippen LogP contribution >= 0.6 is 0 Å². The molecule has 1 heterocycles. The molecule has 0 atom stereocenters. The molecule has 0 amide bonds. The summed E-state index contributed by atoms with van der Waals surface area (Å²) in [7, 11) is 0. The summed E-state index contributed by atoms with van der Waals surface area (Å²) in [6, 6.07) is 18.8. The molecule has 0 aliphatic rings. The molecule has 0 saturated heterocycles. The fourth-order valence-electron chi connectivity index (χ4n) is 2.29. The smallest absolute Gasteiger partial charge is 0.335 e. The Labute approximate surface area is 122 Å². The van der Waals surface area contributed by atoms with Crippen molar-refractivity contribution in [3.63, 3.8) is 0 Å². The van der Waals surface area contributed by atoms with Gasteiger partial charge < -0.3 is 5.11 Å². The number of rotatable bonds is 3. The second-order valence-electron chi connectivity index (χ2n) is 4.67. The summed E-state index contributed by atoms with van der Waals surface area (Å²) >= 11 is 0. The highest BCUT2D eigenvalue weighted by Crippen LogP contribution is 2.31. The molecule has 0 aliphatic carbocycles. The van der Waals surface area contributed by atoms with E-state index in [0.717, 1.165) is 22.3 Å². The monoisotopic (exact) mass is 275 g/mol. The Morgan fingerprint density at radius 2 is 1.48 bits per heavy atom. The SMILES string of the molecule is O=C(O)c1ccc(-c2ccncc2-c2ccccc2)cc1. The Balaban J connectivity index is 2.09. The fraction of sp³-hybridized carbons (Fsp3) is 0. The van der Waals surface area contributed by atoms with Crippen molar-refractivity contribution >= 4 is 5.97 Å². The van der Waals surface area contributed by atoms with Crippen LogP contribution in [-0.4, -0.2) is 16.1 Å². The minimum Gasteiger partial charge on any atom is -0.478 e. The first-order valence-electron chi connectivity index (χ1n) is 6.59. The van der Waals surface area contributed by atoms with Crippen molar-refractivity contribution in [1.82, 2.24) is 4.98 Å². The molecule has 1 aromatic heterocycles. The van der Waals surface area contributed by atoms with Crippen LogP contribution in [0.4, 0.5) is 0 Å². The molecular weight excluding hydrogens is 262 g/mol. The lowest BCUT2D eigenvalue weighted by atomic mass is 9.96. The summed E-state index contributed by atoms with van der Waals surface area (Å²) in [4.78, 5) is 15.1. The molecule has 0 radical (unpaired) electrons. The molecule has 3 aromatic rings. The van der Waals surface area contributed by atoms with E-state index in [1.165, 1.54) is 0 Å². The van der Waals surface area contributed by atoms with E-state index in [0.29, 0.717) is 0 Å². The standard InChI is InChI=1S/C18H13NO2/c20-18(21)15-8-6-14(7-9-15)16-10-11-19-12-17(16)13-4-2-1-3-5-13/h1-12H,(H,20,21). The molecule has 0 bridgehead atoms. The lowest BCUT2D eigenvalue weighted by Gasteiger charge is -2.09. The molecule has 2 aromatic carbocycles. The predicted octanol–water partition coefficient (Wildman–Crippen LogP) is 4.11. The molecule has 102 valence electrons. The molecule has 0 fully saturated rings. The Kier molecular flexibility index (Phi) is 3.48. The van der Waals surface area contributed by atoms with Gasteiger partial charge in [0.25, 0.3) is 0 Å². The molecule has 0 unspecified atom stereocenters. The van der Waals surface area contributed by atoms with Crippen LogP contribution < -0.4 is 0 Å². The van der Waals surface area contributed by atoms with Crippen LogP contribution in [0.25, 0.3) is 22.3 Å². The molecule has 1 N–H and O–H groups in total. The number of carboxylic acids is 1. The highest BCUT2D eigenvalue weighted by atomic mass is 16.4. The molecule has 0 saturated carbocycles. The highest BCUT2D eigenvalue weighted by Gasteiger charge is 2.08. The third-order valence-corrected chi connectivity index (χ3v) is 3.35. The summed E-state index contributed by atoms with van der Waals surface area (Å²) in [6.07, 6.45) is 3.57. The van der Waals surface area contributed by atoms with Crippen LogP contribution in [0.1, 0.15) is 10.4 Å². The molecule has 0 spiro atoms. The summed E-state index contributed by atoms with van der Waals surface area (Å²) in [6.45, 7) is 0. The topological polar surface area (TPSA) is 50.2 Å². The van der Waals surface area contributed by atoms with E-state index in [-0.39, 0.29) is 5.56 Å². The average Bonchev–Trinajstić information content (AvgIpc) is 2.56. The molecule has 3 rings (SSSR count). The number of aromatic carboxylic acids is 1. The molecule has 3 nitrogen and oxygen atoms in total. The minimum absolute atomic E-state index is 0.286. The van der Waals surface area contributed by atoms with Gasteiger partial charge in [-0.15, -0.1) is 0 Å². The van der Waals surface area contributed by atoms with Crippen LogP contribution in [0.3, 0.4) is 0 Å². The van der Waals surface area contributed by atoms with E-state index < -0.39 is 5.97 Å². The Morgan fingerprint density at radius 3 is 2.14 bits per heavy atom. The van der Waals surface area contributed by atoms with E-state index in [9.17, 15) is 4.79 Å². The number of benzene rings is 2. The zero-order valence-electron chi connectivity index (χ0n) is 11.2. The zero-order valence-corrected chi connectivity index (χ0v) is 11.2. The van der Waals surface area contributed by atoms with Crippen molar-refractivity contribution in [2.75, 3.05) is 0 Å². The summed E-state index contributed by atoms with van der Waals surface area (Å²) < 4.78 is 0. The van der Waals surface area contributed by atoms with E-state index in [2.05, 4.69) is 4.98 Å². The lowest BCUT2D eigenvalue weighted by Crippen LogP contribution is -1.95. The van der Waals surface area contributed by atoms with Crippen molar-refractivity contribution in [1.29, 1.82) is 0 Å². The van der Waals surface area contributed by atoms with E-state index >= 15 is 0 Å². The van der Waals surface area contributed by atoms with Crippen molar-refractivity contribution in [3.8, 4) is 22.3 Å². The van der Waals surface area contributed by atoms with Crippen LogP contribution in [-0.2, 0) is 0 Å². The van der Waals surface area contributed by atoms with Gasteiger partial charge in [-0.05, 0) is 34.9 Å². The van der Waals surface area contributed by atoms with Gasteiger partial charge in [0.05, 0.1) is 5.56 Å². The first-order valence-corrected chi connectivity index (χ1v) is 6.59. The van der Waals surface area contributed by atoms with Gasteiger partial charge in [-0.3, -0.25) is 4.98 Å². The van der Waals surface area contributed by atoms with Gasteiger partial charge in [-0.2, -0.15) is 0 Å². The largest absolute Gasteiger partial charge is 0.478 e. The summed E-state index contributed by atoms with van der Waals surface area (Å²) in [5, 5.41) is 8.97. The third-order valence-electron chi connectivity index (χ3n) is 3.35. The first kappa shape index (κ1) is 13.1. The number of pyridine rings is 1. The number of nitrogens with zero attached hydrogens (tertiary/aromatic N) is 1. The third kappa shape index (κ3) is 2.67. The minimum atomic E-state index is -0.917. The maximum atomic E-state index is 10.9. The quantitative estimate of drug-likeness (QED) is 0.782. The van der Waals surface area contributed by atoms with Gasteiger partial charge in [0, 0.05) is 18.0 Å². The predicted molar refractivity (Wildman–Crippen MR) is 82.1 cm³/mol. The second kappa shape index (κ2) is 5.59. The summed E-state index contributed by atoms with van der Waals surface area (Å²) in [5.41, 5.74) is 4.41. The van der Waals surface area contributed by atoms with Gasteiger partial charge in [0.1, 0.15) is 0 Å². The van der Waals surface area contributed by atoms with Gasteiger partial charge in [-0.25, -0.2) is 4.79 Å². The van der Waals surface area contributed by atoms with Crippen molar-refractivity contribution in [2.24, 2.45) is 0 Å². The van der Waals surface area contributed by atoms with Crippen LogP contribution in [0, 0.1) is 0 Å². The maximum Gasteiger partial charge on any atom is 0.335 e. The fourth-order valence-corrected chi connectivity index (χ4v) is 2.29. The number of hydrogen-bond acceptors (Lipinski definition) is 2. The van der Waals surface area contributed by atoms with Gasteiger partial charge in [-0.1, -0.05) is 42.5 Å². The van der Waals surface area contributed by atoms with E-state index in [1.54, 1.807) is 18.3 Å². The molecular formula is C18H13NO2. The lowest BCUT2D eigenvalue weighted by molar-refractivity contribution is 0.0697. The number of carbonyl (C=O) groups is 1. The maximum absolute atomic E-state index is 10.9. The molecule has 3 heteroatoms. The van der Waals surface area contributed by atoms with Crippen molar-refractivity contribution in [3.05, 3.63) is 78.6 Å². The van der Waals surface area contributed by atoms with E-state index in [4.69, 9.17) is 5.11 Å². The van der Waals surface area contributed by atoms with E-state index in [1.807, 2.05) is 54.7 Å². The van der Waals surface area contributed by atoms with Crippen molar-refractivity contribution < 1.29 is 9.90 Å². The Bertz CT molecular complexity index is 765. The van der Waals surface area contributed by atoms with Gasteiger partial charge >= 0.3 is 5.97 Å². The second-order valence-corrected chi connectivity index (χ2v) is 4.67. The molecule has 0 aliphatic heterocycles. The number of aromatic nitrogens is 1. The van der Waals surface area contributed by atoms with Crippen LogP contribution in [0.15, 0.2) is 73.1 Å². The van der Waals surface area contributed by atoms with Crippen LogP contribution in [0.2, 0.25) is 0 Å². The number of hydrogen-bond donors (Lipinski definition) is 1. The zero-order chi connectivity index (χ0) is 14.7. The Hall–Kier alpha value is -2.94. The van der Waals surface area contributed by atoms with Crippen molar-refractivity contribution in [2.45, 2.75) is 0 Å². The first-order chi connectivity index (χ1) is 10.3. The van der Waals surface area contributed by atoms with Gasteiger partial charge in [0.15, 0.2) is 0 Å². The van der Waals surface area contributed by atoms with Crippen LogP contribution in [0.5, 0.6) is 0 Å². The number of carboxylic acid groups (broad SMARTS) is 1. The highest BCUT2D eigenvalue weighted by molar-refractivity contribution is 5.89. The normalized spacial score (nSPS) is 10.3. The summed E-state index contributed by atoms with van der Waals surface area (Å²) in [5.74, 6) is -0.917.